The van der Waals surface area contributed by atoms with Crippen LogP contribution >= 0.6 is 0 Å². The Labute approximate surface area is 116 Å². The normalized spacial score (nSPS) is 20.1. The van der Waals surface area contributed by atoms with Gasteiger partial charge in [-0.25, -0.2) is 9.59 Å². The summed E-state index contributed by atoms with van der Waals surface area (Å²) in [6, 6.07) is -0.992. The summed E-state index contributed by atoms with van der Waals surface area (Å²) < 4.78 is 9.82. The lowest BCUT2D eigenvalue weighted by atomic mass is 10.2. The van der Waals surface area contributed by atoms with Crippen molar-refractivity contribution in [2.24, 2.45) is 0 Å². The number of carbonyl (C=O) groups excluding carboxylic acids is 4. The number of esters is 1. The molecule has 20 heavy (non-hydrogen) atoms. The van der Waals surface area contributed by atoms with Crippen LogP contribution in [-0.4, -0.2) is 41.6 Å². The van der Waals surface area contributed by atoms with Gasteiger partial charge >= 0.3 is 12.1 Å². The summed E-state index contributed by atoms with van der Waals surface area (Å²) in [5.74, 6) is -1.97. The molecule has 0 spiro atoms. The number of ether oxygens (including phenoxy) is 2. The SMILES string of the molecule is C[C@@H](NC(=O)OC(C)(C)C)C(=O)O[C@H]1CC(=O)NC1=O. The Morgan fingerprint density at radius 1 is 1.35 bits per heavy atom. The Morgan fingerprint density at radius 3 is 2.40 bits per heavy atom. The van der Waals surface area contributed by atoms with Crippen LogP contribution in [0.1, 0.15) is 34.1 Å². The van der Waals surface area contributed by atoms with E-state index in [0.717, 1.165) is 0 Å². The Morgan fingerprint density at radius 2 is 1.95 bits per heavy atom. The lowest BCUT2D eigenvalue weighted by Gasteiger charge is -2.21. The van der Waals surface area contributed by atoms with Gasteiger partial charge in [-0.3, -0.25) is 14.9 Å². The highest BCUT2D eigenvalue weighted by atomic mass is 16.6. The highest BCUT2D eigenvalue weighted by molar-refractivity contribution is 6.05. The van der Waals surface area contributed by atoms with Crippen LogP contribution in [0.15, 0.2) is 0 Å². The fraction of sp³-hybridized carbons (Fsp3) is 0.667. The van der Waals surface area contributed by atoms with Gasteiger partial charge in [-0.15, -0.1) is 0 Å². The van der Waals surface area contributed by atoms with Crippen molar-refractivity contribution in [2.75, 3.05) is 0 Å². The third-order valence-corrected chi connectivity index (χ3v) is 2.27. The topological polar surface area (TPSA) is 111 Å². The van der Waals surface area contributed by atoms with E-state index in [1.807, 2.05) is 5.32 Å². The second-order valence-electron chi connectivity index (χ2n) is 5.41. The van der Waals surface area contributed by atoms with E-state index in [0.29, 0.717) is 0 Å². The second kappa shape index (κ2) is 5.89. The molecule has 2 N–H and O–H groups in total. The van der Waals surface area contributed by atoms with E-state index < -0.39 is 41.6 Å². The molecule has 0 aromatic carbocycles. The molecule has 0 aliphatic carbocycles. The van der Waals surface area contributed by atoms with Gasteiger partial charge < -0.3 is 14.8 Å². The predicted octanol–water partition coefficient (Wildman–Crippen LogP) is -0.142. The van der Waals surface area contributed by atoms with Crippen LogP contribution in [-0.2, 0) is 23.9 Å². The molecule has 0 radical (unpaired) electrons. The van der Waals surface area contributed by atoms with Crippen LogP contribution in [0.3, 0.4) is 0 Å². The number of amides is 3. The number of carbonyl (C=O) groups is 4. The monoisotopic (exact) mass is 286 g/mol. The molecule has 0 aromatic rings. The first-order chi connectivity index (χ1) is 9.08. The average molecular weight is 286 g/mol. The minimum Gasteiger partial charge on any atom is -0.450 e. The molecule has 0 saturated carbocycles. The van der Waals surface area contributed by atoms with Crippen molar-refractivity contribution in [1.29, 1.82) is 0 Å². The molecule has 0 unspecified atom stereocenters. The zero-order valence-corrected chi connectivity index (χ0v) is 11.8. The van der Waals surface area contributed by atoms with Crippen molar-refractivity contribution < 1.29 is 28.7 Å². The predicted molar refractivity (Wildman–Crippen MR) is 66.5 cm³/mol. The molecule has 8 nitrogen and oxygen atoms in total. The zero-order valence-electron chi connectivity index (χ0n) is 11.8. The maximum Gasteiger partial charge on any atom is 0.408 e. The van der Waals surface area contributed by atoms with E-state index >= 15 is 0 Å². The molecule has 0 bridgehead atoms. The van der Waals surface area contributed by atoms with Gasteiger partial charge in [0.05, 0.1) is 6.42 Å². The third kappa shape index (κ3) is 4.87. The first kappa shape index (κ1) is 15.9. The largest absolute Gasteiger partial charge is 0.450 e. The van der Waals surface area contributed by atoms with Crippen molar-refractivity contribution in [2.45, 2.75) is 51.9 Å². The van der Waals surface area contributed by atoms with Gasteiger partial charge in [-0.1, -0.05) is 0 Å². The fourth-order valence-corrected chi connectivity index (χ4v) is 1.41. The highest BCUT2D eigenvalue weighted by Crippen LogP contribution is 2.09. The number of nitrogens with one attached hydrogen (secondary N) is 2. The lowest BCUT2D eigenvalue weighted by Crippen LogP contribution is -2.44. The lowest BCUT2D eigenvalue weighted by molar-refractivity contribution is -0.155. The average Bonchev–Trinajstić information content (AvgIpc) is 2.54. The molecule has 1 fully saturated rings. The minimum absolute atomic E-state index is 0.205. The Bertz CT molecular complexity index is 440. The van der Waals surface area contributed by atoms with E-state index in [-0.39, 0.29) is 6.42 Å². The van der Waals surface area contributed by atoms with Gasteiger partial charge in [0.25, 0.3) is 5.91 Å². The van der Waals surface area contributed by atoms with E-state index in [4.69, 9.17) is 9.47 Å². The molecule has 1 rings (SSSR count). The molecule has 1 aliphatic rings. The first-order valence-corrected chi connectivity index (χ1v) is 6.12. The van der Waals surface area contributed by atoms with Gasteiger partial charge in [0.15, 0.2) is 6.10 Å². The summed E-state index contributed by atoms with van der Waals surface area (Å²) in [6.07, 6.45) is -2.12. The fourth-order valence-electron chi connectivity index (χ4n) is 1.41. The van der Waals surface area contributed by atoms with Gasteiger partial charge in [-0.05, 0) is 27.7 Å². The number of hydrogen-bond acceptors (Lipinski definition) is 6. The Balaban J connectivity index is 2.45. The molecule has 8 heteroatoms. The van der Waals surface area contributed by atoms with Crippen molar-refractivity contribution in [3.63, 3.8) is 0 Å². The summed E-state index contributed by atoms with van der Waals surface area (Å²) in [5.41, 5.74) is -0.689. The van der Waals surface area contributed by atoms with Gasteiger partial charge in [0.2, 0.25) is 5.91 Å². The smallest absolute Gasteiger partial charge is 0.408 e. The summed E-state index contributed by atoms with van der Waals surface area (Å²) in [5, 5.41) is 4.30. The van der Waals surface area contributed by atoms with Crippen molar-refractivity contribution in [3.8, 4) is 0 Å². The molecule has 1 saturated heterocycles. The highest BCUT2D eigenvalue weighted by Gasteiger charge is 2.35. The number of hydrogen-bond donors (Lipinski definition) is 2. The van der Waals surface area contributed by atoms with E-state index in [1.54, 1.807) is 20.8 Å². The third-order valence-electron chi connectivity index (χ3n) is 2.27. The summed E-state index contributed by atoms with van der Waals surface area (Å²) >= 11 is 0. The van der Waals surface area contributed by atoms with Crippen LogP contribution in [0, 0.1) is 0 Å². The van der Waals surface area contributed by atoms with Crippen LogP contribution < -0.4 is 10.6 Å². The van der Waals surface area contributed by atoms with Gasteiger partial charge in [-0.2, -0.15) is 0 Å². The second-order valence-corrected chi connectivity index (χ2v) is 5.41. The van der Waals surface area contributed by atoms with Crippen LogP contribution in [0.4, 0.5) is 4.79 Å². The molecular weight excluding hydrogens is 268 g/mol. The summed E-state index contributed by atoms with van der Waals surface area (Å²) in [7, 11) is 0. The van der Waals surface area contributed by atoms with E-state index in [1.165, 1.54) is 6.92 Å². The Hall–Kier alpha value is -2.12. The van der Waals surface area contributed by atoms with E-state index in [9.17, 15) is 19.2 Å². The molecule has 112 valence electrons. The number of rotatable bonds is 3. The molecule has 0 aromatic heterocycles. The van der Waals surface area contributed by atoms with E-state index in [2.05, 4.69) is 5.32 Å². The zero-order chi connectivity index (χ0) is 15.5. The number of alkyl carbamates (subject to hydrolysis) is 1. The molecule has 1 heterocycles. The van der Waals surface area contributed by atoms with Crippen molar-refractivity contribution in [3.05, 3.63) is 0 Å². The van der Waals surface area contributed by atoms with Crippen LogP contribution in [0.25, 0.3) is 0 Å². The molecule has 3 amide bonds. The Kier molecular flexibility index (Phi) is 4.69. The number of imide groups is 1. The minimum atomic E-state index is -1.14. The molecule has 1 aliphatic heterocycles. The standard InChI is InChI=1S/C12H18N2O6/c1-6(13-11(18)20-12(2,3)4)10(17)19-7-5-8(15)14-9(7)16/h6-7H,5H2,1-4H3,(H,13,18)(H,14,15,16)/t6-,7+/m1/s1. The van der Waals surface area contributed by atoms with Crippen LogP contribution in [0.5, 0.6) is 0 Å². The summed E-state index contributed by atoms with van der Waals surface area (Å²) in [4.78, 5) is 45.3. The van der Waals surface area contributed by atoms with Gasteiger partial charge in [0.1, 0.15) is 11.6 Å². The van der Waals surface area contributed by atoms with Crippen molar-refractivity contribution >= 4 is 23.9 Å². The van der Waals surface area contributed by atoms with Gasteiger partial charge in [0, 0.05) is 0 Å². The quantitative estimate of drug-likeness (QED) is 0.551. The summed E-state index contributed by atoms with van der Waals surface area (Å²) in [6.45, 7) is 6.44. The van der Waals surface area contributed by atoms with Crippen molar-refractivity contribution in [1.82, 2.24) is 10.6 Å². The molecular formula is C12H18N2O6. The molecule has 2 atom stereocenters. The van der Waals surface area contributed by atoms with Crippen LogP contribution in [0.2, 0.25) is 0 Å². The maximum atomic E-state index is 11.7. The first-order valence-electron chi connectivity index (χ1n) is 6.12. The maximum absolute atomic E-state index is 11.7.